The smallest absolute Gasteiger partial charge is 0.231 e. The molecule has 3 heterocycles. The van der Waals surface area contributed by atoms with Gasteiger partial charge in [-0.3, -0.25) is 4.90 Å². The molecule has 7 nitrogen and oxygen atoms in total. The van der Waals surface area contributed by atoms with Crippen LogP contribution in [0.2, 0.25) is 0 Å². The molecule has 1 aliphatic rings. The van der Waals surface area contributed by atoms with Crippen LogP contribution in [0.25, 0.3) is 0 Å². The first-order chi connectivity index (χ1) is 10.8. The SMILES string of the molecule is N#Cc1cccnc1OCC1CCN(Cc2ncon2)CC1. The van der Waals surface area contributed by atoms with Crippen molar-refractivity contribution in [1.29, 1.82) is 5.26 Å². The summed E-state index contributed by atoms with van der Waals surface area (Å²) in [5, 5.41) is 12.8. The van der Waals surface area contributed by atoms with E-state index in [1.807, 2.05) is 0 Å². The normalized spacial score (nSPS) is 16.3. The Kier molecular flexibility index (Phi) is 4.61. The van der Waals surface area contributed by atoms with Crippen molar-refractivity contribution >= 4 is 0 Å². The van der Waals surface area contributed by atoms with Gasteiger partial charge in [-0.2, -0.15) is 10.2 Å². The molecule has 0 saturated carbocycles. The van der Waals surface area contributed by atoms with Crippen LogP contribution in [0, 0.1) is 17.2 Å². The Morgan fingerprint density at radius 2 is 2.23 bits per heavy atom. The summed E-state index contributed by atoms with van der Waals surface area (Å²) in [5.41, 5.74) is 0.483. The Labute approximate surface area is 128 Å². The zero-order chi connectivity index (χ0) is 15.2. The lowest BCUT2D eigenvalue weighted by Crippen LogP contribution is -2.35. The summed E-state index contributed by atoms with van der Waals surface area (Å²) < 4.78 is 10.5. The van der Waals surface area contributed by atoms with E-state index in [-0.39, 0.29) is 0 Å². The predicted octanol–water partition coefficient (Wildman–Crippen LogP) is 1.63. The number of aromatic nitrogens is 3. The molecule has 0 unspecified atom stereocenters. The second-order valence-electron chi connectivity index (χ2n) is 5.35. The van der Waals surface area contributed by atoms with E-state index >= 15 is 0 Å². The summed E-state index contributed by atoms with van der Waals surface area (Å²) in [6.07, 6.45) is 5.10. The summed E-state index contributed by atoms with van der Waals surface area (Å²) in [6.45, 7) is 3.29. The van der Waals surface area contributed by atoms with Crippen molar-refractivity contribution in [1.82, 2.24) is 20.0 Å². The standard InChI is InChI=1S/C15H17N5O2/c16-8-13-2-1-5-17-15(13)21-10-12-3-6-20(7-4-12)9-14-18-11-22-19-14/h1-2,5,11-12H,3-4,6-7,9-10H2. The molecule has 2 aromatic rings. The first-order valence-corrected chi connectivity index (χ1v) is 7.30. The summed E-state index contributed by atoms with van der Waals surface area (Å²) in [6, 6.07) is 5.55. The van der Waals surface area contributed by atoms with Crippen molar-refractivity contribution in [2.75, 3.05) is 19.7 Å². The Bertz CT molecular complexity index is 630. The molecule has 0 radical (unpaired) electrons. The van der Waals surface area contributed by atoms with Crippen LogP contribution < -0.4 is 4.74 Å². The molecule has 22 heavy (non-hydrogen) atoms. The van der Waals surface area contributed by atoms with Crippen LogP contribution in [0.15, 0.2) is 29.2 Å². The van der Waals surface area contributed by atoms with Gasteiger partial charge in [0.15, 0.2) is 5.82 Å². The number of hydrogen-bond donors (Lipinski definition) is 0. The molecule has 0 bridgehead atoms. The predicted molar refractivity (Wildman–Crippen MR) is 76.7 cm³/mol. The minimum absolute atomic E-state index is 0.430. The molecule has 0 aliphatic carbocycles. The molecule has 0 N–H and O–H groups in total. The van der Waals surface area contributed by atoms with E-state index in [1.165, 1.54) is 6.39 Å². The van der Waals surface area contributed by atoms with Crippen LogP contribution in [0.1, 0.15) is 24.2 Å². The Hall–Kier alpha value is -2.46. The quantitative estimate of drug-likeness (QED) is 0.829. The second kappa shape index (κ2) is 7.00. The zero-order valence-corrected chi connectivity index (χ0v) is 12.2. The lowest BCUT2D eigenvalue weighted by molar-refractivity contribution is 0.131. The third kappa shape index (κ3) is 3.59. The van der Waals surface area contributed by atoms with E-state index < -0.39 is 0 Å². The number of rotatable bonds is 5. The third-order valence-corrected chi connectivity index (χ3v) is 3.83. The van der Waals surface area contributed by atoms with Gasteiger partial charge in [0.05, 0.1) is 13.2 Å². The Morgan fingerprint density at radius 3 is 2.95 bits per heavy atom. The fourth-order valence-electron chi connectivity index (χ4n) is 2.56. The Morgan fingerprint density at radius 1 is 1.36 bits per heavy atom. The van der Waals surface area contributed by atoms with Gasteiger partial charge in [-0.05, 0) is 44.0 Å². The monoisotopic (exact) mass is 299 g/mol. The fraction of sp³-hybridized carbons (Fsp3) is 0.467. The van der Waals surface area contributed by atoms with Crippen LogP contribution in [-0.2, 0) is 6.54 Å². The van der Waals surface area contributed by atoms with E-state index in [1.54, 1.807) is 18.3 Å². The number of piperidine rings is 1. The van der Waals surface area contributed by atoms with Gasteiger partial charge >= 0.3 is 0 Å². The van der Waals surface area contributed by atoms with Crippen LogP contribution in [0.5, 0.6) is 5.88 Å². The summed E-state index contributed by atoms with van der Waals surface area (Å²) in [4.78, 5) is 10.5. The van der Waals surface area contributed by atoms with Gasteiger partial charge in [-0.15, -0.1) is 0 Å². The van der Waals surface area contributed by atoms with E-state index in [4.69, 9.17) is 14.5 Å². The second-order valence-corrected chi connectivity index (χ2v) is 5.35. The Balaban J connectivity index is 1.45. The van der Waals surface area contributed by atoms with Crippen LogP contribution in [-0.4, -0.2) is 39.7 Å². The topological polar surface area (TPSA) is 88.1 Å². The summed E-state index contributed by atoms with van der Waals surface area (Å²) in [5.74, 6) is 1.64. The number of nitriles is 1. The molecule has 114 valence electrons. The van der Waals surface area contributed by atoms with E-state index in [2.05, 4.69) is 26.1 Å². The average molecular weight is 299 g/mol. The lowest BCUT2D eigenvalue weighted by Gasteiger charge is -2.30. The number of nitrogens with zero attached hydrogens (tertiary/aromatic N) is 5. The van der Waals surface area contributed by atoms with Crippen molar-refractivity contribution in [3.05, 3.63) is 36.1 Å². The molecular weight excluding hydrogens is 282 g/mol. The summed E-state index contributed by atoms with van der Waals surface area (Å²) >= 11 is 0. The van der Waals surface area contributed by atoms with Crippen LogP contribution in [0.4, 0.5) is 0 Å². The highest BCUT2D eigenvalue weighted by molar-refractivity contribution is 5.36. The van der Waals surface area contributed by atoms with E-state index in [0.717, 1.165) is 38.3 Å². The first kappa shape index (κ1) is 14.5. The van der Waals surface area contributed by atoms with Gasteiger partial charge in [-0.25, -0.2) is 4.98 Å². The molecule has 1 aliphatic heterocycles. The highest BCUT2D eigenvalue weighted by Gasteiger charge is 2.21. The van der Waals surface area contributed by atoms with Crippen LogP contribution >= 0.6 is 0 Å². The van der Waals surface area contributed by atoms with Gasteiger partial charge in [0.1, 0.15) is 11.6 Å². The number of ether oxygens (including phenoxy) is 1. The first-order valence-electron chi connectivity index (χ1n) is 7.30. The molecule has 2 aromatic heterocycles. The molecule has 1 fully saturated rings. The third-order valence-electron chi connectivity index (χ3n) is 3.83. The van der Waals surface area contributed by atoms with Crippen molar-refractivity contribution in [2.45, 2.75) is 19.4 Å². The number of likely N-dealkylation sites (tertiary alicyclic amines) is 1. The molecule has 1 saturated heterocycles. The van der Waals surface area contributed by atoms with Gasteiger partial charge in [-0.1, -0.05) is 5.16 Å². The minimum atomic E-state index is 0.430. The van der Waals surface area contributed by atoms with Gasteiger partial charge < -0.3 is 9.26 Å². The highest BCUT2D eigenvalue weighted by Crippen LogP contribution is 2.20. The van der Waals surface area contributed by atoms with Gasteiger partial charge in [0.2, 0.25) is 12.3 Å². The minimum Gasteiger partial charge on any atom is -0.476 e. The molecular formula is C15H17N5O2. The lowest BCUT2D eigenvalue weighted by atomic mass is 9.98. The van der Waals surface area contributed by atoms with E-state index in [0.29, 0.717) is 24.0 Å². The van der Waals surface area contributed by atoms with Gasteiger partial charge in [0.25, 0.3) is 0 Å². The molecule has 0 atom stereocenters. The summed E-state index contributed by atoms with van der Waals surface area (Å²) in [7, 11) is 0. The maximum atomic E-state index is 9.02. The van der Waals surface area contributed by atoms with E-state index in [9.17, 15) is 0 Å². The largest absolute Gasteiger partial charge is 0.476 e. The zero-order valence-electron chi connectivity index (χ0n) is 12.2. The average Bonchev–Trinajstić information content (AvgIpc) is 3.07. The maximum absolute atomic E-state index is 9.02. The maximum Gasteiger partial charge on any atom is 0.231 e. The van der Waals surface area contributed by atoms with Crippen molar-refractivity contribution in [2.24, 2.45) is 5.92 Å². The number of pyridine rings is 1. The molecule has 0 amide bonds. The van der Waals surface area contributed by atoms with Crippen LogP contribution in [0.3, 0.4) is 0 Å². The van der Waals surface area contributed by atoms with Crippen molar-refractivity contribution in [3.8, 4) is 11.9 Å². The van der Waals surface area contributed by atoms with Crippen molar-refractivity contribution < 1.29 is 9.26 Å². The molecule has 0 aromatic carbocycles. The van der Waals surface area contributed by atoms with Gasteiger partial charge in [0, 0.05) is 6.20 Å². The molecule has 3 rings (SSSR count). The number of hydrogen-bond acceptors (Lipinski definition) is 7. The molecule has 7 heteroatoms. The molecule has 0 spiro atoms. The fourth-order valence-corrected chi connectivity index (χ4v) is 2.56. The van der Waals surface area contributed by atoms with Crippen molar-refractivity contribution in [3.63, 3.8) is 0 Å². The highest BCUT2D eigenvalue weighted by atomic mass is 16.5.